The van der Waals surface area contributed by atoms with Gasteiger partial charge in [0.2, 0.25) is 5.95 Å². The average Bonchev–Trinajstić information content (AvgIpc) is 3.37. The van der Waals surface area contributed by atoms with E-state index in [0.29, 0.717) is 17.9 Å². The van der Waals surface area contributed by atoms with Crippen molar-refractivity contribution in [2.75, 3.05) is 19.1 Å². The van der Waals surface area contributed by atoms with E-state index in [4.69, 9.17) is 9.47 Å². The number of hydrogen-bond donors (Lipinski definition) is 0. The molecular formula is C27H26N4O3. The predicted octanol–water partition coefficient (Wildman–Crippen LogP) is 4.98. The number of hydrogen-bond acceptors (Lipinski definition) is 5. The van der Waals surface area contributed by atoms with E-state index in [0.717, 1.165) is 28.2 Å². The van der Waals surface area contributed by atoms with Crippen LogP contribution in [0.25, 0.3) is 0 Å². The molecule has 1 amide bonds. The number of fused-ring (bicyclic) bond motifs is 1. The van der Waals surface area contributed by atoms with Crippen molar-refractivity contribution in [3.63, 3.8) is 0 Å². The Bertz CT molecular complexity index is 1300. The first kappa shape index (κ1) is 21.7. The molecule has 0 N–H and O–H groups in total. The van der Waals surface area contributed by atoms with Crippen molar-refractivity contribution in [1.29, 1.82) is 0 Å². The fourth-order valence-electron chi connectivity index (χ4n) is 4.56. The zero-order valence-corrected chi connectivity index (χ0v) is 19.4. The molecule has 3 aromatic carbocycles. The Morgan fingerprint density at radius 2 is 1.50 bits per heavy atom. The fourth-order valence-corrected chi connectivity index (χ4v) is 4.56. The van der Waals surface area contributed by atoms with Gasteiger partial charge in [0, 0.05) is 5.56 Å². The summed E-state index contributed by atoms with van der Waals surface area (Å²) >= 11 is 0. The summed E-state index contributed by atoms with van der Waals surface area (Å²) in [6, 6.07) is 23.1. The van der Waals surface area contributed by atoms with Crippen LogP contribution in [0.1, 0.15) is 45.6 Å². The quantitative estimate of drug-likeness (QED) is 0.425. The molecule has 0 saturated heterocycles. The van der Waals surface area contributed by atoms with Crippen molar-refractivity contribution in [3.05, 3.63) is 101 Å². The van der Waals surface area contributed by atoms with Crippen LogP contribution in [0, 0.1) is 6.92 Å². The molecular weight excluding hydrogens is 428 g/mol. The van der Waals surface area contributed by atoms with Crippen LogP contribution in [-0.2, 0) is 0 Å². The molecule has 0 fully saturated rings. The first-order valence-corrected chi connectivity index (χ1v) is 11.2. The monoisotopic (exact) mass is 454 g/mol. The SMILES string of the molecule is COc1ccc(C2CC(c3ccc(OC)cc3)n3ncnc3N2C(=O)c2cccc(C)c2)cc1. The molecule has 5 rings (SSSR count). The molecule has 7 nitrogen and oxygen atoms in total. The van der Waals surface area contributed by atoms with Crippen molar-refractivity contribution in [1.82, 2.24) is 14.8 Å². The highest BCUT2D eigenvalue weighted by Gasteiger charge is 2.39. The summed E-state index contributed by atoms with van der Waals surface area (Å²) in [4.78, 5) is 20.2. The number of aromatic nitrogens is 3. The molecule has 1 aliphatic heterocycles. The minimum atomic E-state index is -0.234. The number of benzene rings is 3. The van der Waals surface area contributed by atoms with E-state index in [1.165, 1.54) is 6.33 Å². The number of aryl methyl sites for hydroxylation is 1. The predicted molar refractivity (Wildman–Crippen MR) is 129 cm³/mol. The second kappa shape index (κ2) is 9.02. The Morgan fingerprint density at radius 1 is 0.882 bits per heavy atom. The highest BCUT2D eigenvalue weighted by molar-refractivity contribution is 6.06. The molecule has 0 spiro atoms. The topological polar surface area (TPSA) is 69.5 Å². The Morgan fingerprint density at radius 3 is 2.09 bits per heavy atom. The second-order valence-corrected chi connectivity index (χ2v) is 8.36. The molecule has 0 saturated carbocycles. The van der Waals surface area contributed by atoms with Crippen LogP contribution < -0.4 is 14.4 Å². The van der Waals surface area contributed by atoms with E-state index < -0.39 is 0 Å². The average molecular weight is 455 g/mol. The van der Waals surface area contributed by atoms with Gasteiger partial charge in [0.05, 0.1) is 26.3 Å². The third-order valence-corrected chi connectivity index (χ3v) is 6.31. The van der Waals surface area contributed by atoms with Crippen molar-refractivity contribution >= 4 is 11.9 Å². The normalized spacial score (nSPS) is 17.2. The summed E-state index contributed by atoms with van der Waals surface area (Å²) in [5.41, 5.74) is 3.74. The molecule has 1 aromatic heterocycles. The van der Waals surface area contributed by atoms with Gasteiger partial charge in [-0.2, -0.15) is 10.1 Å². The van der Waals surface area contributed by atoms with Crippen LogP contribution in [0.3, 0.4) is 0 Å². The minimum absolute atomic E-state index is 0.0860. The Balaban J connectivity index is 1.62. The lowest BCUT2D eigenvalue weighted by Crippen LogP contribution is -2.42. The molecule has 1 aliphatic rings. The zero-order valence-electron chi connectivity index (χ0n) is 19.4. The molecule has 2 atom stereocenters. The van der Waals surface area contributed by atoms with Gasteiger partial charge < -0.3 is 9.47 Å². The maximum absolute atomic E-state index is 13.8. The van der Waals surface area contributed by atoms with E-state index in [9.17, 15) is 4.79 Å². The van der Waals surface area contributed by atoms with Gasteiger partial charge in [-0.15, -0.1) is 0 Å². The van der Waals surface area contributed by atoms with Crippen LogP contribution in [0.5, 0.6) is 11.5 Å². The van der Waals surface area contributed by atoms with E-state index in [-0.39, 0.29) is 18.0 Å². The van der Waals surface area contributed by atoms with Crippen LogP contribution in [0.2, 0.25) is 0 Å². The summed E-state index contributed by atoms with van der Waals surface area (Å²) in [5, 5.41) is 4.52. The van der Waals surface area contributed by atoms with E-state index >= 15 is 0 Å². The van der Waals surface area contributed by atoms with Gasteiger partial charge in [-0.3, -0.25) is 9.69 Å². The molecule has 172 valence electrons. The molecule has 2 unspecified atom stereocenters. The van der Waals surface area contributed by atoms with Gasteiger partial charge in [-0.05, 0) is 60.9 Å². The van der Waals surface area contributed by atoms with Gasteiger partial charge >= 0.3 is 0 Å². The number of methoxy groups -OCH3 is 2. The molecule has 0 radical (unpaired) electrons. The highest BCUT2D eigenvalue weighted by Crippen LogP contribution is 2.43. The Labute approximate surface area is 198 Å². The zero-order chi connectivity index (χ0) is 23.7. The fraction of sp³-hybridized carbons (Fsp3) is 0.222. The van der Waals surface area contributed by atoms with Crippen molar-refractivity contribution in [2.45, 2.75) is 25.4 Å². The lowest BCUT2D eigenvalue weighted by molar-refractivity contribution is 0.0963. The smallest absolute Gasteiger partial charge is 0.261 e. The van der Waals surface area contributed by atoms with Crippen LogP contribution >= 0.6 is 0 Å². The summed E-state index contributed by atoms with van der Waals surface area (Å²) in [7, 11) is 3.30. The van der Waals surface area contributed by atoms with Crippen LogP contribution in [0.4, 0.5) is 5.95 Å². The Hall–Kier alpha value is -4.13. The van der Waals surface area contributed by atoms with Crippen molar-refractivity contribution < 1.29 is 14.3 Å². The molecule has 34 heavy (non-hydrogen) atoms. The number of anilines is 1. The van der Waals surface area contributed by atoms with Crippen LogP contribution in [0.15, 0.2) is 79.1 Å². The number of nitrogens with zero attached hydrogens (tertiary/aromatic N) is 4. The molecule has 0 bridgehead atoms. The van der Waals surface area contributed by atoms with Gasteiger partial charge in [-0.25, -0.2) is 4.68 Å². The van der Waals surface area contributed by atoms with Gasteiger partial charge in [0.1, 0.15) is 17.8 Å². The van der Waals surface area contributed by atoms with Gasteiger partial charge in [0.15, 0.2) is 0 Å². The molecule has 7 heteroatoms. The largest absolute Gasteiger partial charge is 0.497 e. The number of carbonyl (C=O) groups is 1. The third kappa shape index (κ3) is 3.90. The summed E-state index contributed by atoms with van der Waals surface area (Å²) < 4.78 is 12.5. The number of rotatable bonds is 5. The first-order valence-electron chi connectivity index (χ1n) is 11.2. The van der Waals surface area contributed by atoms with E-state index in [1.807, 2.05) is 84.4 Å². The van der Waals surface area contributed by atoms with E-state index in [2.05, 4.69) is 10.1 Å². The van der Waals surface area contributed by atoms with Crippen LogP contribution in [-0.4, -0.2) is 34.9 Å². The van der Waals surface area contributed by atoms with E-state index in [1.54, 1.807) is 19.1 Å². The number of amides is 1. The Kier molecular flexibility index (Phi) is 5.76. The molecule has 0 aliphatic carbocycles. The standard InChI is InChI=1S/C27H26N4O3/c1-18-5-4-6-21(15-18)26(32)30-24(19-7-11-22(33-2)12-8-19)16-25(31-27(30)28-17-29-31)20-9-13-23(34-3)14-10-20/h4-15,17,24-25H,16H2,1-3H3. The lowest BCUT2D eigenvalue weighted by atomic mass is 9.91. The third-order valence-electron chi connectivity index (χ3n) is 6.31. The molecule has 4 aromatic rings. The number of ether oxygens (including phenoxy) is 2. The van der Waals surface area contributed by atoms with Crippen molar-refractivity contribution in [2.24, 2.45) is 0 Å². The number of carbonyl (C=O) groups excluding carboxylic acids is 1. The summed E-state index contributed by atoms with van der Waals surface area (Å²) in [5.74, 6) is 1.98. The second-order valence-electron chi connectivity index (χ2n) is 8.36. The summed E-state index contributed by atoms with van der Waals surface area (Å²) in [6.07, 6.45) is 2.16. The lowest BCUT2D eigenvalue weighted by Gasteiger charge is -2.39. The first-order chi connectivity index (χ1) is 16.6. The van der Waals surface area contributed by atoms with Crippen molar-refractivity contribution in [3.8, 4) is 11.5 Å². The maximum atomic E-state index is 13.8. The minimum Gasteiger partial charge on any atom is -0.497 e. The molecule has 2 heterocycles. The maximum Gasteiger partial charge on any atom is 0.261 e. The highest BCUT2D eigenvalue weighted by atomic mass is 16.5. The summed E-state index contributed by atoms with van der Waals surface area (Å²) in [6.45, 7) is 1.98. The van der Waals surface area contributed by atoms with Gasteiger partial charge in [0.25, 0.3) is 5.91 Å². The van der Waals surface area contributed by atoms with Gasteiger partial charge in [-0.1, -0.05) is 42.0 Å².